The summed E-state index contributed by atoms with van der Waals surface area (Å²) in [4.78, 5) is 14.3. The van der Waals surface area contributed by atoms with Crippen molar-refractivity contribution in [1.29, 1.82) is 0 Å². The molecule has 4 aromatic rings. The fourth-order valence-corrected chi connectivity index (χ4v) is 3.48. The number of nitrogens with zero attached hydrogens (tertiary/aromatic N) is 3. The molecule has 0 bridgehead atoms. The Balaban J connectivity index is 1.66. The molecule has 0 aliphatic heterocycles. The predicted octanol–water partition coefficient (Wildman–Crippen LogP) is 5.31. The number of carbonyl (C=O) groups is 1. The van der Waals surface area contributed by atoms with Crippen LogP contribution in [0.3, 0.4) is 0 Å². The number of anilines is 1. The van der Waals surface area contributed by atoms with E-state index >= 15 is 0 Å². The van der Waals surface area contributed by atoms with Gasteiger partial charge in [0.25, 0.3) is 5.91 Å². The second-order valence-corrected chi connectivity index (χ2v) is 7.45. The van der Waals surface area contributed by atoms with Gasteiger partial charge in [0, 0.05) is 10.2 Å². The van der Waals surface area contributed by atoms with Crippen molar-refractivity contribution in [3.8, 4) is 5.69 Å². The number of fused-ring (bicyclic) bond motifs is 1. The molecule has 1 aromatic heterocycles. The van der Waals surface area contributed by atoms with Gasteiger partial charge < -0.3 is 5.32 Å². The Bertz CT molecular complexity index is 1170. The Kier molecular flexibility index (Phi) is 4.96. The van der Waals surface area contributed by atoms with Crippen molar-refractivity contribution in [1.82, 2.24) is 15.0 Å². The summed E-state index contributed by atoms with van der Waals surface area (Å²) in [6.45, 7) is 4.08. The zero-order chi connectivity index (χ0) is 19.7. The van der Waals surface area contributed by atoms with Gasteiger partial charge in [-0.2, -0.15) is 4.80 Å². The Morgan fingerprint density at radius 3 is 2.39 bits per heavy atom. The first-order valence-electron chi connectivity index (χ1n) is 9.08. The molecule has 0 aliphatic rings. The lowest BCUT2D eigenvalue weighted by Crippen LogP contribution is -2.13. The van der Waals surface area contributed by atoms with Crippen LogP contribution in [0, 0.1) is 6.92 Å². The van der Waals surface area contributed by atoms with E-state index in [-0.39, 0.29) is 5.91 Å². The van der Waals surface area contributed by atoms with Crippen molar-refractivity contribution in [2.75, 3.05) is 5.32 Å². The Morgan fingerprint density at radius 1 is 1.04 bits per heavy atom. The van der Waals surface area contributed by atoms with Gasteiger partial charge in [0.05, 0.1) is 11.3 Å². The molecule has 6 heteroatoms. The van der Waals surface area contributed by atoms with Gasteiger partial charge in [0.2, 0.25) is 0 Å². The highest BCUT2D eigenvalue weighted by Crippen LogP contribution is 2.24. The first kappa shape index (κ1) is 18.4. The molecular weight excluding hydrogens is 416 g/mol. The number of nitrogens with one attached hydrogen (secondary N) is 1. The molecular formula is C22H19BrN4O. The van der Waals surface area contributed by atoms with Crippen molar-refractivity contribution < 1.29 is 4.79 Å². The average Bonchev–Trinajstić information content (AvgIpc) is 3.11. The van der Waals surface area contributed by atoms with Gasteiger partial charge in [-0.3, -0.25) is 4.79 Å². The van der Waals surface area contributed by atoms with Crippen molar-refractivity contribution in [3.63, 3.8) is 0 Å². The normalized spacial score (nSPS) is 11.0. The largest absolute Gasteiger partial charge is 0.322 e. The smallest absolute Gasteiger partial charge is 0.256 e. The Morgan fingerprint density at radius 2 is 1.71 bits per heavy atom. The molecule has 0 atom stereocenters. The van der Waals surface area contributed by atoms with Crippen LogP contribution in [0.5, 0.6) is 0 Å². The maximum Gasteiger partial charge on any atom is 0.256 e. The molecule has 0 unspecified atom stereocenters. The summed E-state index contributed by atoms with van der Waals surface area (Å²) in [7, 11) is 0. The van der Waals surface area contributed by atoms with E-state index in [1.807, 2.05) is 49.4 Å². The Labute approximate surface area is 171 Å². The number of amides is 1. The van der Waals surface area contributed by atoms with Crippen molar-refractivity contribution in [2.24, 2.45) is 0 Å². The molecule has 140 valence electrons. The summed E-state index contributed by atoms with van der Waals surface area (Å²) in [6, 6.07) is 19.3. The van der Waals surface area contributed by atoms with Gasteiger partial charge in [-0.15, -0.1) is 10.2 Å². The van der Waals surface area contributed by atoms with Gasteiger partial charge in [-0.05, 0) is 76.8 Å². The molecule has 0 fully saturated rings. The van der Waals surface area contributed by atoms with Gasteiger partial charge in [0.1, 0.15) is 11.0 Å². The molecule has 4 rings (SSSR count). The summed E-state index contributed by atoms with van der Waals surface area (Å²) in [5.74, 6) is -0.169. The number of aromatic nitrogens is 3. The molecule has 1 amide bonds. The van der Waals surface area contributed by atoms with Crippen LogP contribution in [0.4, 0.5) is 5.69 Å². The van der Waals surface area contributed by atoms with Crippen LogP contribution >= 0.6 is 15.9 Å². The van der Waals surface area contributed by atoms with Gasteiger partial charge in [-0.25, -0.2) is 0 Å². The van der Waals surface area contributed by atoms with Crippen LogP contribution in [-0.2, 0) is 6.42 Å². The molecule has 0 radical (unpaired) electrons. The van der Waals surface area contributed by atoms with E-state index in [0.29, 0.717) is 5.56 Å². The minimum atomic E-state index is -0.169. The monoisotopic (exact) mass is 434 g/mol. The SMILES string of the molecule is CCc1ccc(-n2nc3cc(C)c(NC(=O)c4ccccc4Br)cc3n2)cc1. The lowest BCUT2D eigenvalue weighted by molar-refractivity contribution is 0.102. The zero-order valence-corrected chi connectivity index (χ0v) is 17.2. The second kappa shape index (κ2) is 7.56. The minimum Gasteiger partial charge on any atom is -0.322 e. The predicted molar refractivity (Wildman–Crippen MR) is 115 cm³/mol. The highest BCUT2D eigenvalue weighted by atomic mass is 79.9. The first-order valence-corrected chi connectivity index (χ1v) is 9.87. The highest BCUT2D eigenvalue weighted by molar-refractivity contribution is 9.10. The Hall–Kier alpha value is -2.99. The maximum absolute atomic E-state index is 12.6. The van der Waals surface area contributed by atoms with Crippen LogP contribution in [-0.4, -0.2) is 20.9 Å². The van der Waals surface area contributed by atoms with Crippen LogP contribution in [0.2, 0.25) is 0 Å². The van der Waals surface area contributed by atoms with Gasteiger partial charge in [0.15, 0.2) is 0 Å². The fourth-order valence-electron chi connectivity index (χ4n) is 3.02. The molecule has 0 saturated carbocycles. The van der Waals surface area contributed by atoms with Gasteiger partial charge >= 0.3 is 0 Å². The summed E-state index contributed by atoms with van der Waals surface area (Å²) in [6.07, 6.45) is 0.995. The van der Waals surface area contributed by atoms with E-state index in [9.17, 15) is 4.79 Å². The molecule has 1 N–H and O–H groups in total. The van der Waals surface area contributed by atoms with Crippen LogP contribution in [0.15, 0.2) is 65.1 Å². The van der Waals surface area contributed by atoms with Gasteiger partial charge in [-0.1, -0.05) is 31.2 Å². The van der Waals surface area contributed by atoms with Crippen LogP contribution in [0.25, 0.3) is 16.7 Å². The van der Waals surface area contributed by atoms with E-state index in [4.69, 9.17) is 0 Å². The third kappa shape index (κ3) is 3.55. The third-order valence-corrected chi connectivity index (χ3v) is 5.36. The molecule has 5 nitrogen and oxygen atoms in total. The quantitative estimate of drug-likeness (QED) is 0.473. The highest BCUT2D eigenvalue weighted by Gasteiger charge is 2.13. The number of aryl methyl sites for hydroxylation is 2. The average molecular weight is 435 g/mol. The number of hydrogen-bond acceptors (Lipinski definition) is 3. The summed E-state index contributed by atoms with van der Waals surface area (Å²) in [5.41, 5.74) is 5.94. The number of rotatable bonds is 4. The fraction of sp³-hybridized carbons (Fsp3) is 0.136. The van der Waals surface area contributed by atoms with Crippen molar-refractivity contribution >= 4 is 38.6 Å². The van der Waals surface area contributed by atoms with E-state index in [0.717, 1.165) is 38.9 Å². The molecule has 0 saturated heterocycles. The maximum atomic E-state index is 12.6. The number of hydrogen-bond donors (Lipinski definition) is 1. The molecule has 1 heterocycles. The summed E-state index contributed by atoms with van der Waals surface area (Å²) in [5, 5.41) is 12.1. The van der Waals surface area contributed by atoms with E-state index < -0.39 is 0 Å². The molecule has 0 aliphatic carbocycles. The summed E-state index contributed by atoms with van der Waals surface area (Å²) >= 11 is 3.42. The van der Waals surface area contributed by atoms with E-state index in [1.54, 1.807) is 10.9 Å². The summed E-state index contributed by atoms with van der Waals surface area (Å²) < 4.78 is 0.757. The zero-order valence-electron chi connectivity index (χ0n) is 15.6. The number of halogens is 1. The van der Waals surface area contributed by atoms with E-state index in [1.165, 1.54) is 5.56 Å². The lowest BCUT2D eigenvalue weighted by atomic mass is 10.1. The molecule has 28 heavy (non-hydrogen) atoms. The lowest BCUT2D eigenvalue weighted by Gasteiger charge is -2.09. The van der Waals surface area contributed by atoms with Crippen molar-refractivity contribution in [2.45, 2.75) is 20.3 Å². The molecule has 3 aromatic carbocycles. The third-order valence-electron chi connectivity index (χ3n) is 4.67. The number of carbonyl (C=O) groups excluding carboxylic acids is 1. The van der Waals surface area contributed by atoms with Crippen LogP contribution < -0.4 is 5.32 Å². The van der Waals surface area contributed by atoms with E-state index in [2.05, 4.69) is 50.5 Å². The van der Waals surface area contributed by atoms with Crippen molar-refractivity contribution in [3.05, 3.63) is 81.8 Å². The number of benzene rings is 3. The molecule has 0 spiro atoms. The minimum absolute atomic E-state index is 0.169. The first-order chi connectivity index (χ1) is 13.5. The standard InChI is InChI=1S/C22H19BrN4O/c1-3-15-8-10-16(11-9-15)27-25-20-12-14(2)19(13-21(20)26-27)24-22(28)17-6-4-5-7-18(17)23/h4-13H,3H2,1-2H3,(H,24,28). The van der Waals surface area contributed by atoms with Crippen LogP contribution in [0.1, 0.15) is 28.4 Å². The topological polar surface area (TPSA) is 59.8 Å². The second-order valence-electron chi connectivity index (χ2n) is 6.60.